The normalized spacial score (nSPS) is 17.7. The summed E-state index contributed by atoms with van der Waals surface area (Å²) in [7, 11) is 1.79. The second-order valence-electron chi connectivity index (χ2n) is 9.42. The minimum Gasteiger partial charge on any atom is -0.465 e. The van der Waals surface area contributed by atoms with Crippen LogP contribution in [-0.4, -0.2) is 73.5 Å². The number of amides is 4. The van der Waals surface area contributed by atoms with Crippen molar-refractivity contribution in [3.05, 3.63) is 59.7 Å². The molecule has 4 N–H and O–H groups in total. The van der Waals surface area contributed by atoms with Crippen LogP contribution in [0.2, 0.25) is 0 Å². The highest BCUT2D eigenvalue weighted by atomic mass is 16.4. The average molecular weight is 522 g/mol. The topological polar surface area (TPSA) is 159 Å². The number of rotatable bonds is 9. The molecule has 3 aromatic rings. The van der Waals surface area contributed by atoms with E-state index >= 15 is 0 Å². The van der Waals surface area contributed by atoms with Crippen LogP contribution in [0.5, 0.6) is 0 Å². The number of carbonyl (C=O) groups excluding carboxylic acids is 3. The molecule has 1 aromatic heterocycles. The van der Waals surface area contributed by atoms with E-state index in [0.29, 0.717) is 11.9 Å². The van der Waals surface area contributed by atoms with Gasteiger partial charge in [-0.15, -0.1) is 5.10 Å². The molecule has 4 rings (SSSR count). The summed E-state index contributed by atoms with van der Waals surface area (Å²) in [5, 5.41) is 25.4. The highest BCUT2D eigenvalue weighted by molar-refractivity contribution is 5.92. The van der Waals surface area contributed by atoms with Gasteiger partial charge in [-0.3, -0.25) is 14.4 Å². The second kappa shape index (κ2) is 11.7. The number of nitrogens with one attached hydrogen (secondary N) is 3. The Balaban J connectivity index is 1.48. The lowest BCUT2D eigenvalue weighted by Gasteiger charge is -2.28. The fourth-order valence-corrected chi connectivity index (χ4v) is 4.79. The summed E-state index contributed by atoms with van der Waals surface area (Å²) >= 11 is 0. The Kier molecular flexibility index (Phi) is 8.19. The molecule has 38 heavy (non-hydrogen) atoms. The predicted octanol–water partition coefficient (Wildman–Crippen LogP) is 0.959. The van der Waals surface area contributed by atoms with E-state index in [2.05, 4.69) is 26.3 Å². The average Bonchev–Trinajstić information content (AvgIpc) is 3.48. The van der Waals surface area contributed by atoms with Crippen LogP contribution in [-0.2, 0) is 34.4 Å². The van der Waals surface area contributed by atoms with Crippen molar-refractivity contribution in [1.29, 1.82) is 0 Å². The van der Waals surface area contributed by atoms with Crippen LogP contribution < -0.4 is 16.0 Å². The minimum atomic E-state index is -1.32. The molecule has 1 aliphatic heterocycles. The van der Waals surface area contributed by atoms with Crippen molar-refractivity contribution in [2.75, 3.05) is 6.54 Å². The monoisotopic (exact) mass is 521 g/mol. The van der Waals surface area contributed by atoms with E-state index < -0.39 is 30.1 Å². The number of aromatic nitrogens is 3. The molecule has 0 spiro atoms. The zero-order valence-electron chi connectivity index (χ0n) is 21.3. The van der Waals surface area contributed by atoms with E-state index in [1.54, 1.807) is 11.7 Å². The molecule has 2 unspecified atom stereocenters. The standard InChI is InChI=1S/C26H31N7O5/c1-16(34)28-19-13-23(24(35)27-14-18-9-11-22-21(12-18)30-31-32(22)2)33(15-19)25(36)20(29-26(37)38)10-8-17-6-4-3-5-7-17/h3-7,9,11-12,19-20,23,29H,8,10,13-15H2,1-2H3,(H,27,35)(H,28,34)(H,37,38)/t19?,20?,23-/m0/s1. The number of hydrogen-bond donors (Lipinski definition) is 4. The summed E-state index contributed by atoms with van der Waals surface area (Å²) < 4.78 is 1.65. The number of benzene rings is 2. The molecule has 2 aromatic carbocycles. The van der Waals surface area contributed by atoms with Crippen molar-refractivity contribution in [3.8, 4) is 0 Å². The molecule has 2 heterocycles. The molecular weight excluding hydrogens is 490 g/mol. The molecule has 1 saturated heterocycles. The maximum absolute atomic E-state index is 13.6. The molecule has 0 bridgehead atoms. The largest absolute Gasteiger partial charge is 0.465 e. The molecule has 12 heteroatoms. The van der Waals surface area contributed by atoms with E-state index in [9.17, 15) is 24.3 Å². The van der Waals surface area contributed by atoms with Crippen LogP contribution in [0.25, 0.3) is 11.0 Å². The van der Waals surface area contributed by atoms with Crippen LogP contribution in [0.1, 0.15) is 30.9 Å². The van der Waals surface area contributed by atoms with Gasteiger partial charge in [0.05, 0.1) is 5.52 Å². The van der Waals surface area contributed by atoms with E-state index in [1.165, 1.54) is 11.8 Å². The van der Waals surface area contributed by atoms with Crippen LogP contribution >= 0.6 is 0 Å². The van der Waals surface area contributed by atoms with E-state index in [4.69, 9.17) is 0 Å². The molecule has 12 nitrogen and oxygen atoms in total. The summed E-state index contributed by atoms with van der Waals surface area (Å²) in [6, 6.07) is 12.6. The number of carbonyl (C=O) groups is 4. The number of fused-ring (bicyclic) bond motifs is 1. The maximum Gasteiger partial charge on any atom is 0.405 e. The Morgan fingerprint density at radius 2 is 1.87 bits per heavy atom. The van der Waals surface area contributed by atoms with Crippen molar-refractivity contribution >= 4 is 34.8 Å². The van der Waals surface area contributed by atoms with Gasteiger partial charge in [-0.1, -0.05) is 41.6 Å². The lowest BCUT2D eigenvalue weighted by atomic mass is 10.0. The van der Waals surface area contributed by atoms with Crippen LogP contribution in [0, 0.1) is 0 Å². The highest BCUT2D eigenvalue weighted by Crippen LogP contribution is 2.21. The Labute approximate surface area is 219 Å². The van der Waals surface area contributed by atoms with Gasteiger partial charge in [-0.25, -0.2) is 9.48 Å². The molecule has 3 atom stereocenters. The molecule has 0 aliphatic carbocycles. The smallest absolute Gasteiger partial charge is 0.405 e. The lowest BCUT2D eigenvalue weighted by Crippen LogP contribution is -2.53. The number of carboxylic acid groups (broad SMARTS) is 1. The van der Waals surface area contributed by atoms with Gasteiger partial charge in [-0.2, -0.15) is 0 Å². The highest BCUT2D eigenvalue weighted by Gasteiger charge is 2.42. The van der Waals surface area contributed by atoms with Gasteiger partial charge in [0.1, 0.15) is 17.6 Å². The Morgan fingerprint density at radius 3 is 2.58 bits per heavy atom. The van der Waals surface area contributed by atoms with Crippen molar-refractivity contribution in [1.82, 2.24) is 35.8 Å². The SMILES string of the molecule is CC(=O)NC1C[C@@H](C(=O)NCc2ccc3c(c2)nnn3C)N(C(=O)C(CCc2ccccc2)NC(=O)O)C1. The summed E-state index contributed by atoms with van der Waals surface area (Å²) in [5.74, 6) is -1.16. The van der Waals surface area contributed by atoms with E-state index in [-0.39, 0.29) is 37.7 Å². The molecule has 0 saturated carbocycles. The van der Waals surface area contributed by atoms with Gasteiger partial charge in [0.25, 0.3) is 0 Å². The van der Waals surface area contributed by atoms with Gasteiger partial charge >= 0.3 is 6.09 Å². The zero-order chi connectivity index (χ0) is 27.2. The first-order chi connectivity index (χ1) is 18.2. The first-order valence-corrected chi connectivity index (χ1v) is 12.4. The lowest BCUT2D eigenvalue weighted by molar-refractivity contribution is -0.140. The minimum absolute atomic E-state index is 0.102. The summed E-state index contributed by atoms with van der Waals surface area (Å²) in [6.07, 6.45) is -0.404. The quantitative estimate of drug-likeness (QED) is 0.326. The Hall–Kier alpha value is -4.48. The maximum atomic E-state index is 13.6. The van der Waals surface area contributed by atoms with Crippen molar-refractivity contribution in [3.63, 3.8) is 0 Å². The number of nitrogens with zero attached hydrogens (tertiary/aromatic N) is 4. The van der Waals surface area contributed by atoms with Crippen molar-refractivity contribution < 1.29 is 24.3 Å². The first-order valence-electron chi connectivity index (χ1n) is 12.4. The fourth-order valence-electron chi connectivity index (χ4n) is 4.79. The van der Waals surface area contributed by atoms with Crippen molar-refractivity contribution in [2.24, 2.45) is 7.05 Å². The van der Waals surface area contributed by atoms with Crippen LogP contribution in [0.3, 0.4) is 0 Å². The number of hydrogen-bond acceptors (Lipinski definition) is 6. The van der Waals surface area contributed by atoms with Gasteiger partial charge < -0.3 is 26.0 Å². The Bertz CT molecular complexity index is 1330. The van der Waals surface area contributed by atoms with Gasteiger partial charge in [0.15, 0.2) is 0 Å². The molecule has 0 radical (unpaired) electrons. The van der Waals surface area contributed by atoms with E-state index in [1.807, 2.05) is 48.5 Å². The summed E-state index contributed by atoms with van der Waals surface area (Å²) in [5.41, 5.74) is 3.33. The molecule has 200 valence electrons. The van der Waals surface area contributed by atoms with E-state index in [0.717, 1.165) is 16.6 Å². The van der Waals surface area contributed by atoms with Gasteiger partial charge in [0.2, 0.25) is 17.7 Å². The van der Waals surface area contributed by atoms with Crippen molar-refractivity contribution in [2.45, 2.75) is 50.9 Å². The molecular formula is C26H31N7O5. The summed E-state index contributed by atoms with van der Waals surface area (Å²) in [6.45, 7) is 1.68. The van der Waals surface area contributed by atoms with Gasteiger partial charge in [0, 0.05) is 33.1 Å². The first kappa shape index (κ1) is 26.6. The molecule has 4 amide bonds. The Morgan fingerprint density at radius 1 is 1.11 bits per heavy atom. The third-order valence-electron chi connectivity index (χ3n) is 6.60. The predicted molar refractivity (Wildman–Crippen MR) is 138 cm³/mol. The molecule has 1 fully saturated rings. The number of likely N-dealkylation sites (tertiary alicyclic amines) is 1. The third kappa shape index (κ3) is 6.44. The third-order valence-corrected chi connectivity index (χ3v) is 6.60. The second-order valence-corrected chi connectivity index (χ2v) is 9.42. The molecule has 1 aliphatic rings. The fraction of sp³-hybridized carbons (Fsp3) is 0.385. The van der Waals surface area contributed by atoms with Crippen LogP contribution in [0.15, 0.2) is 48.5 Å². The summed E-state index contributed by atoms with van der Waals surface area (Å²) in [4.78, 5) is 51.4. The van der Waals surface area contributed by atoms with Gasteiger partial charge in [-0.05, 0) is 42.5 Å². The number of aryl methyl sites for hydroxylation is 2. The van der Waals surface area contributed by atoms with Crippen LogP contribution in [0.4, 0.5) is 4.79 Å². The zero-order valence-corrected chi connectivity index (χ0v) is 21.3.